The standard InChI is InChI=1S/C20H25N5O2S/c1-13(25-7-5-21-12-25)8-22-20(26)18-11-28-19-10-24(6-4-16(18)19)9-17-14(2)23-27-15(17)3/h5,7,11-13H,4,6,8-10H2,1-3H3,(H,22,26). The Kier molecular flexibility index (Phi) is 5.32. The van der Waals surface area contributed by atoms with E-state index < -0.39 is 0 Å². The molecule has 7 nitrogen and oxygen atoms in total. The van der Waals surface area contributed by atoms with Crippen LogP contribution in [0.4, 0.5) is 0 Å². The molecule has 8 heteroatoms. The second-order valence-corrected chi connectivity index (χ2v) is 8.35. The van der Waals surface area contributed by atoms with Gasteiger partial charge in [-0.25, -0.2) is 4.98 Å². The lowest BCUT2D eigenvalue weighted by Gasteiger charge is -2.27. The summed E-state index contributed by atoms with van der Waals surface area (Å²) in [7, 11) is 0. The molecule has 1 atom stereocenters. The fourth-order valence-electron chi connectivity index (χ4n) is 3.63. The van der Waals surface area contributed by atoms with Gasteiger partial charge in [-0.05, 0) is 32.8 Å². The van der Waals surface area contributed by atoms with Gasteiger partial charge in [0.2, 0.25) is 0 Å². The smallest absolute Gasteiger partial charge is 0.252 e. The lowest BCUT2D eigenvalue weighted by molar-refractivity contribution is 0.0947. The summed E-state index contributed by atoms with van der Waals surface area (Å²) in [4.78, 5) is 20.5. The van der Waals surface area contributed by atoms with E-state index in [-0.39, 0.29) is 11.9 Å². The Morgan fingerprint density at radius 2 is 2.29 bits per heavy atom. The van der Waals surface area contributed by atoms with Crippen LogP contribution in [0.15, 0.2) is 28.6 Å². The molecule has 4 heterocycles. The van der Waals surface area contributed by atoms with E-state index in [0.717, 1.165) is 43.1 Å². The van der Waals surface area contributed by atoms with Gasteiger partial charge in [0.25, 0.3) is 5.91 Å². The first-order chi connectivity index (χ1) is 13.5. The first-order valence-corrected chi connectivity index (χ1v) is 10.4. The molecular formula is C20H25N5O2S. The van der Waals surface area contributed by atoms with E-state index in [0.29, 0.717) is 6.54 Å². The van der Waals surface area contributed by atoms with E-state index >= 15 is 0 Å². The van der Waals surface area contributed by atoms with Crippen molar-refractivity contribution in [1.29, 1.82) is 0 Å². The molecular weight excluding hydrogens is 374 g/mol. The number of amides is 1. The molecule has 1 unspecified atom stereocenters. The van der Waals surface area contributed by atoms with Gasteiger partial charge in [0.1, 0.15) is 5.76 Å². The lowest BCUT2D eigenvalue weighted by atomic mass is 10.0. The molecule has 0 aliphatic carbocycles. The first kappa shape index (κ1) is 18.9. The number of rotatable bonds is 6. The van der Waals surface area contributed by atoms with Gasteiger partial charge < -0.3 is 14.4 Å². The van der Waals surface area contributed by atoms with Gasteiger partial charge in [0.05, 0.1) is 17.6 Å². The summed E-state index contributed by atoms with van der Waals surface area (Å²) in [5.74, 6) is 0.908. The van der Waals surface area contributed by atoms with Crippen molar-refractivity contribution in [1.82, 2.24) is 24.9 Å². The average Bonchev–Trinajstić information content (AvgIpc) is 3.42. The second kappa shape index (κ2) is 7.89. The van der Waals surface area contributed by atoms with Crippen LogP contribution < -0.4 is 5.32 Å². The highest BCUT2D eigenvalue weighted by atomic mass is 32.1. The van der Waals surface area contributed by atoms with E-state index in [2.05, 4.69) is 27.3 Å². The van der Waals surface area contributed by atoms with Gasteiger partial charge in [-0.2, -0.15) is 0 Å². The number of hydrogen-bond acceptors (Lipinski definition) is 6. The normalized spacial score (nSPS) is 15.4. The minimum Gasteiger partial charge on any atom is -0.361 e. The van der Waals surface area contributed by atoms with Crippen molar-refractivity contribution >= 4 is 17.2 Å². The number of aryl methyl sites for hydroxylation is 2. The van der Waals surface area contributed by atoms with Crippen molar-refractivity contribution in [2.75, 3.05) is 13.1 Å². The molecule has 28 heavy (non-hydrogen) atoms. The fraction of sp³-hybridized carbons (Fsp3) is 0.450. The van der Waals surface area contributed by atoms with Crippen LogP contribution in [0, 0.1) is 13.8 Å². The van der Waals surface area contributed by atoms with Crippen molar-refractivity contribution in [2.45, 2.75) is 46.3 Å². The number of carbonyl (C=O) groups excluding carboxylic acids is 1. The third-order valence-electron chi connectivity index (χ3n) is 5.43. The summed E-state index contributed by atoms with van der Waals surface area (Å²) in [5, 5.41) is 9.12. The Labute approximate surface area is 168 Å². The summed E-state index contributed by atoms with van der Waals surface area (Å²) in [6, 6.07) is 0.173. The van der Waals surface area contributed by atoms with Crippen LogP contribution in [0.1, 0.15) is 50.8 Å². The van der Waals surface area contributed by atoms with Gasteiger partial charge in [-0.1, -0.05) is 5.16 Å². The van der Waals surface area contributed by atoms with Crippen molar-refractivity contribution in [2.24, 2.45) is 0 Å². The predicted molar refractivity (Wildman–Crippen MR) is 107 cm³/mol. The highest BCUT2D eigenvalue weighted by Gasteiger charge is 2.25. The van der Waals surface area contributed by atoms with Gasteiger partial charge in [0.15, 0.2) is 0 Å². The number of thiophene rings is 1. The van der Waals surface area contributed by atoms with Crippen molar-refractivity contribution in [3.05, 3.63) is 57.1 Å². The number of aromatic nitrogens is 3. The zero-order valence-corrected chi connectivity index (χ0v) is 17.3. The van der Waals surface area contributed by atoms with E-state index in [9.17, 15) is 4.79 Å². The summed E-state index contributed by atoms with van der Waals surface area (Å²) in [6.45, 7) is 9.23. The predicted octanol–water partition coefficient (Wildman–Crippen LogP) is 3.10. The van der Waals surface area contributed by atoms with E-state index in [1.54, 1.807) is 23.9 Å². The largest absolute Gasteiger partial charge is 0.361 e. The number of hydrogen-bond donors (Lipinski definition) is 1. The molecule has 0 spiro atoms. The Morgan fingerprint density at radius 1 is 1.43 bits per heavy atom. The molecule has 0 saturated carbocycles. The fourth-order valence-corrected chi connectivity index (χ4v) is 4.75. The summed E-state index contributed by atoms with van der Waals surface area (Å²) in [5.41, 5.74) is 4.16. The lowest BCUT2D eigenvalue weighted by Crippen LogP contribution is -2.32. The third-order valence-corrected chi connectivity index (χ3v) is 6.44. The Balaban J connectivity index is 1.38. The van der Waals surface area contributed by atoms with Crippen LogP contribution >= 0.6 is 11.3 Å². The molecule has 1 aliphatic rings. The first-order valence-electron chi connectivity index (χ1n) is 9.52. The van der Waals surface area contributed by atoms with Crippen LogP contribution in [-0.4, -0.2) is 38.6 Å². The second-order valence-electron chi connectivity index (χ2n) is 7.38. The molecule has 1 aliphatic heterocycles. The minimum absolute atomic E-state index is 0.0173. The third kappa shape index (κ3) is 3.74. The molecule has 0 bridgehead atoms. The maximum absolute atomic E-state index is 12.7. The Bertz CT molecular complexity index is 940. The van der Waals surface area contributed by atoms with Crippen LogP contribution in [0.2, 0.25) is 0 Å². The molecule has 0 fully saturated rings. The minimum atomic E-state index is 0.0173. The van der Waals surface area contributed by atoms with Gasteiger partial charge in [0, 0.05) is 60.4 Å². The highest BCUT2D eigenvalue weighted by Crippen LogP contribution is 2.30. The highest BCUT2D eigenvalue weighted by molar-refractivity contribution is 7.10. The summed E-state index contributed by atoms with van der Waals surface area (Å²) < 4.78 is 7.28. The van der Waals surface area contributed by atoms with Gasteiger partial charge >= 0.3 is 0 Å². The Morgan fingerprint density at radius 3 is 3.00 bits per heavy atom. The Hall–Kier alpha value is -2.45. The number of fused-ring (bicyclic) bond motifs is 1. The van der Waals surface area contributed by atoms with Crippen LogP contribution in [0.3, 0.4) is 0 Å². The monoisotopic (exact) mass is 399 g/mol. The average molecular weight is 400 g/mol. The zero-order valence-electron chi connectivity index (χ0n) is 16.4. The number of nitrogens with one attached hydrogen (secondary N) is 1. The molecule has 4 rings (SSSR count). The molecule has 1 N–H and O–H groups in total. The molecule has 3 aromatic heterocycles. The molecule has 3 aromatic rings. The summed E-state index contributed by atoms with van der Waals surface area (Å²) >= 11 is 1.68. The van der Waals surface area contributed by atoms with E-state index in [4.69, 9.17) is 4.52 Å². The van der Waals surface area contributed by atoms with Gasteiger partial charge in [-0.15, -0.1) is 11.3 Å². The maximum atomic E-state index is 12.7. The van der Waals surface area contributed by atoms with Crippen LogP contribution in [0.5, 0.6) is 0 Å². The zero-order chi connectivity index (χ0) is 19.7. The van der Waals surface area contributed by atoms with Crippen molar-refractivity contribution < 1.29 is 9.32 Å². The summed E-state index contributed by atoms with van der Waals surface area (Å²) in [6.07, 6.45) is 6.33. The number of imidazole rings is 1. The number of carbonyl (C=O) groups is 1. The quantitative estimate of drug-likeness (QED) is 0.689. The molecule has 1 amide bonds. The molecule has 0 aromatic carbocycles. The van der Waals surface area contributed by atoms with E-state index in [1.807, 2.05) is 30.0 Å². The van der Waals surface area contributed by atoms with E-state index in [1.165, 1.54) is 16.0 Å². The number of nitrogens with zero attached hydrogens (tertiary/aromatic N) is 4. The van der Waals surface area contributed by atoms with Crippen molar-refractivity contribution in [3.8, 4) is 0 Å². The van der Waals surface area contributed by atoms with Crippen molar-refractivity contribution in [3.63, 3.8) is 0 Å². The molecule has 0 saturated heterocycles. The van der Waals surface area contributed by atoms with Crippen LogP contribution in [-0.2, 0) is 19.5 Å². The van der Waals surface area contributed by atoms with Crippen LogP contribution in [0.25, 0.3) is 0 Å². The maximum Gasteiger partial charge on any atom is 0.252 e. The molecule has 0 radical (unpaired) electrons. The molecule has 148 valence electrons. The topological polar surface area (TPSA) is 76.2 Å². The SMILES string of the molecule is Cc1noc(C)c1CN1CCc2c(C(=O)NCC(C)n3ccnc3)csc2C1. The van der Waals surface area contributed by atoms with Gasteiger partial charge in [-0.3, -0.25) is 9.69 Å².